The minimum atomic E-state index is -3.70. The third-order valence-corrected chi connectivity index (χ3v) is 4.37. The Morgan fingerprint density at radius 2 is 1.90 bits per heavy atom. The van der Waals surface area contributed by atoms with Gasteiger partial charge in [-0.25, -0.2) is 13.2 Å². The zero-order chi connectivity index (χ0) is 15.9. The van der Waals surface area contributed by atoms with Crippen molar-refractivity contribution in [3.8, 4) is 5.75 Å². The molecule has 0 spiro atoms. The number of methoxy groups -OCH3 is 2. The van der Waals surface area contributed by atoms with Crippen LogP contribution in [-0.4, -0.2) is 59.3 Å². The molecule has 8 heteroatoms. The number of sulfone groups is 1. The molecule has 0 aliphatic rings. The van der Waals surface area contributed by atoms with Crippen molar-refractivity contribution in [2.75, 3.05) is 39.8 Å². The quantitative estimate of drug-likeness (QED) is 0.673. The van der Waals surface area contributed by atoms with Crippen molar-refractivity contribution in [1.82, 2.24) is 0 Å². The summed E-state index contributed by atoms with van der Waals surface area (Å²) in [6, 6.07) is 3.70. The highest BCUT2D eigenvalue weighted by Crippen LogP contribution is 2.26. The van der Waals surface area contributed by atoms with Gasteiger partial charge >= 0.3 is 5.97 Å². The van der Waals surface area contributed by atoms with Crippen molar-refractivity contribution in [3.63, 3.8) is 0 Å². The average Bonchev–Trinajstić information content (AvgIpc) is 2.46. The van der Waals surface area contributed by atoms with Crippen molar-refractivity contribution < 1.29 is 32.5 Å². The van der Waals surface area contributed by atoms with Crippen molar-refractivity contribution in [3.05, 3.63) is 23.8 Å². The summed E-state index contributed by atoms with van der Waals surface area (Å²) in [5, 5.41) is 8.94. The van der Waals surface area contributed by atoms with Gasteiger partial charge in [0.05, 0.1) is 38.2 Å². The van der Waals surface area contributed by atoms with E-state index in [4.69, 9.17) is 19.3 Å². The molecule has 0 unspecified atom stereocenters. The first-order chi connectivity index (χ1) is 9.92. The van der Waals surface area contributed by atoms with Crippen LogP contribution in [0.15, 0.2) is 23.1 Å². The largest absolute Gasteiger partial charge is 0.495 e. The van der Waals surface area contributed by atoms with Gasteiger partial charge in [-0.15, -0.1) is 0 Å². The van der Waals surface area contributed by atoms with Gasteiger partial charge in [0.1, 0.15) is 10.6 Å². The highest BCUT2D eigenvalue weighted by Gasteiger charge is 2.21. The van der Waals surface area contributed by atoms with E-state index in [2.05, 4.69) is 0 Å². The van der Waals surface area contributed by atoms with E-state index in [1.165, 1.54) is 26.4 Å². The molecule has 0 saturated carbocycles. The molecule has 21 heavy (non-hydrogen) atoms. The van der Waals surface area contributed by atoms with Gasteiger partial charge < -0.3 is 19.3 Å². The van der Waals surface area contributed by atoms with Gasteiger partial charge in [-0.05, 0) is 18.2 Å². The smallest absolute Gasteiger partial charge is 0.335 e. The van der Waals surface area contributed by atoms with Crippen LogP contribution in [0.5, 0.6) is 5.75 Å². The lowest BCUT2D eigenvalue weighted by atomic mass is 10.2. The number of aromatic carboxylic acids is 1. The third kappa shape index (κ3) is 5.00. The molecule has 0 heterocycles. The van der Waals surface area contributed by atoms with E-state index in [0.717, 1.165) is 6.07 Å². The second-order valence-corrected chi connectivity index (χ2v) is 6.17. The zero-order valence-corrected chi connectivity index (χ0v) is 12.7. The molecule has 0 saturated heterocycles. The van der Waals surface area contributed by atoms with Crippen molar-refractivity contribution in [2.45, 2.75) is 4.90 Å². The summed E-state index contributed by atoms with van der Waals surface area (Å²) < 4.78 is 39.3. The second-order valence-electron chi connectivity index (χ2n) is 4.09. The number of ether oxygens (including phenoxy) is 3. The molecule has 0 aliphatic carbocycles. The molecule has 1 aromatic rings. The van der Waals surface area contributed by atoms with Crippen LogP contribution in [0, 0.1) is 0 Å². The van der Waals surface area contributed by atoms with Crippen molar-refractivity contribution in [1.29, 1.82) is 0 Å². The fraction of sp³-hybridized carbons (Fsp3) is 0.462. The van der Waals surface area contributed by atoms with Crippen LogP contribution in [-0.2, 0) is 19.3 Å². The summed E-state index contributed by atoms with van der Waals surface area (Å²) in [7, 11) is -0.861. The Bertz CT molecular complexity index is 580. The fourth-order valence-electron chi connectivity index (χ4n) is 1.58. The maximum Gasteiger partial charge on any atom is 0.335 e. The molecule has 0 bridgehead atoms. The Morgan fingerprint density at radius 1 is 1.19 bits per heavy atom. The Morgan fingerprint density at radius 3 is 2.48 bits per heavy atom. The Labute approximate surface area is 123 Å². The minimum Gasteiger partial charge on any atom is -0.495 e. The number of benzene rings is 1. The maximum atomic E-state index is 12.2. The highest BCUT2D eigenvalue weighted by molar-refractivity contribution is 7.91. The zero-order valence-electron chi connectivity index (χ0n) is 11.9. The van der Waals surface area contributed by atoms with E-state index in [1.807, 2.05) is 0 Å². The molecule has 0 amide bonds. The fourth-order valence-corrected chi connectivity index (χ4v) is 2.90. The van der Waals surface area contributed by atoms with Gasteiger partial charge in [-0.1, -0.05) is 0 Å². The number of carboxylic acid groups (broad SMARTS) is 1. The summed E-state index contributed by atoms with van der Waals surface area (Å²) in [4.78, 5) is 10.8. The number of hydrogen-bond acceptors (Lipinski definition) is 6. The molecule has 0 aromatic heterocycles. The van der Waals surface area contributed by atoms with Gasteiger partial charge in [-0.2, -0.15) is 0 Å². The van der Waals surface area contributed by atoms with Gasteiger partial charge in [0.15, 0.2) is 9.84 Å². The molecule has 1 N–H and O–H groups in total. The topological polar surface area (TPSA) is 99.1 Å². The number of carbonyl (C=O) groups is 1. The lowest BCUT2D eigenvalue weighted by Crippen LogP contribution is -2.15. The Hall–Kier alpha value is -1.64. The van der Waals surface area contributed by atoms with E-state index in [1.54, 1.807) is 0 Å². The van der Waals surface area contributed by atoms with E-state index >= 15 is 0 Å². The van der Waals surface area contributed by atoms with Crippen LogP contribution in [0.2, 0.25) is 0 Å². The normalized spacial score (nSPS) is 11.3. The minimum absolute atomic E-state index is 0.00779. The summed E-state index contributed by atoms with van der Waals surface area (Å²) in [5.74, 6) is -1.36. The monoisotopic (exact) mass is 318 g/mol. The summed E-state index contributed by atoms with van der Waals surface area (Å²) >= 11 is 0. The summed E-state index contributed by atoms with van der Waals surface area (Å²) in [6.07, 6.45) is 0. The van der Waals surface area contributed by atoms with E-state index in [9.17, 15) is 13.2 Å². The molecule has 0 aliphatic heterocycles. The molecule has 7 nitrogen and oxygen atoms in total. The predicted molar refractivity (Wildman–Crippen MR) is 74.7 cm³/mol. The average molecular weight is 318 g/mol. The van der Waals surface area contributed by atoms with Crippen LogP contribution >= 0.6 is 0 Å². The molecule has 0 fully saturated rings. The van der Waals surface area contributed by atoms with Crippen LogP contribution in [0.1, 0.15) is 10.4 Å². The molecule has 1 aromatic carbocycles. The van der Waals surface area contributed by atoms with Crippen LogP contribution in [0.4, 0.5) is 0 Å². The molecular formula is C13H18O7S. The van der Waals surface area contributed by atoms with Gasteiger partial charge in [-0.3, -0.25) is 0 Å². The Balaban J connectivity index is 2.90. The second kappa shape index (κ2) is 7.96. The lowest BCUT2D eigenvalue weighted by Gasteiger charge is -2.10. The van der Waals surface area contributed by atoms with Crippen LogP contribution in [0.25, 0.3) is 0 Å². The summed E-state index contributed by atoms with van der Waals surface area (Å²) in [6.45, 7) is 0.655. The molecule has 1 rings (SSSR count). The first-order valence-corrected chi connectivity index (χ1v) is 7.78. The maximum absolute atomic E-state index is 12.2. The van der Waals surface area contributed by atoms with Crippen molar-refractivity contribution in [2.24, 2.45) is 0 Å². The van der Waals surface area contributed by atoms with Crippen LogP contribution in [0.3, 0.4) is 0 Å². The van der Waals surface area contributed by atoms with Gasteiger partial charge in [0.25, 0.3) is 0 Å². The predicted octanol–water partition coefficient (Wildman–Crippen LogP) is 0.830. The Kier molecular flexibility index (Phi) is 6.60. The lowest BCUT2D eigenvalue weighted by molar-refractivity contribution is 0.0696. The highest BCUT2D eigenvalue weighted by atomic mass is 32.2. The molecule has 0 radical (unpaired) electrons. The number of rotatable bonds is 9. The first kappa shape index (κ1) is 17.4. The SMILES string of the molecule is COCCOCCS(=O)(=O)c1cc(C(=O)O)ccc1OC. The van der Waals surface area contributed by atoms with Gasteiger partial charge in [0, 0.05) is 7.11 Å². The standard InChI is InChI=1S/C13H18O7S/c1-18-5-6-20-7-8-21(16,17)12-9-10(13(14)15)3-4-11(12)19-2/h3-4,9H,5-8H2,1-2H3,(H,14,15). The van der Waals surface area contributed by atoms with E-state index in [-0.39, 0.29) is 28.6 Å². The number of hydrogen-bond donors (Lipinski definition) is 1. The molecule has 0 atom stereocenters. The first-order valence-electron chi connectivity index (χ1n) is 6.13. The van der Waals surface area contributed by atoms with Crippen molar-refractivity contribution >= 4 is 15.8 Å². The third-order valence-electron chi connectivity index (χ3n) is 2.67. The number of carboxylic acids is 1. The van der Waals surface area contributed by atoms with E-state index in [0.29, 0.717) is 13.2 Å². The van der Waals surface area contributed by atoms with E-state index < -0.39 is 15.8 Å². The molecular weight excluding hydrogens is 300 g/mol. The summed E-state index contributed by atoms with van der Waals surface area (Å²) in [5.41, 5.74) is -0.116. The van der Waals surface area contributed by atoms with Crippen LogP contribution < -0.4 is 4.74 Å². The molecule has 118 valence electrons. The van der Waals surface area contributed by atoms with Gasteiger partial charge in [0.2, 0.25) is 0 Å².